The zero-order valence-corrected chi connectivity index (χ0v) is 14.3. The number of hydrogen-bond donors (Lipinski definition) is 2. The molecule has 25 heavy (non-hydrogen) atoms. The average Bonchev–Trinajstić information content (AvgIpc) is 2.96. The molecule has 1 aliphatic rings. The molecule has 0 atom stereocenters. The van der Waals surface area contributed by atoms with Gasteiger partial charge in [0.15, 0.2) is 0 Å². The highest BCUT2D eigenvalue weighted by atomic mass is 16.5. The number of carboxylic acid groups (broad SMARTS) is 1. The standard InChI is InChI=1S/C20H21NO4/c1-13-9-16(25-2)7-8-17(13)21-18(22)12-20(19(23)24)10-14-5-3-4-6-15(14)11-20/h3-9H,10-12H2,1-2H3,(H,21,22)(H,23,24). The number of aliphatic carboxylic acids is 1. The van der Waals surface area contributed by atoms with Gasteiger partial charge in [0.05, 0.1) is 12.5 Å². The Morgan fingerprint density at radius 3 is 2.32 bits per heavy atom. The Labute approximate surface area is 146 Å². The summed E-state index contributed by atoms with van der Waals surface area (Å²) in [6, 6.07) is 13.0. The van der Waals surface area contributed by atoms with Gasteiger partial charge in [-0.1, -0.05) is 24.3 Å². The Kier molecular flexibility index (Phi) is 4.49. The van der Waals surface area contributed by atoms with Gasteiger partial charge in [-0.2, -0.15) is 0 Å². The van der Waals surface area contributed by atoms with E-state index in [-0.39, 0.29) is 12.3 Å². The lowest BCUT2D eigenvalue weighted by molar-refractivity contribution is -0.150. The molecule has 2 N–H and O–H groups in total. The molecule has 0 saturated carbocycles. The highest BCUT2D eigenvalue weighted by Crippen LogP contribution is 2.40. The molecule has 130 valence electrons. The van der Waals surface area contributed by atoms with E-state index in [1.165, 1.54) is 0 Å². The van der Waals surface area contributed by atoms with Gasteiger partial charge in [-0.3, -0.25) is 9.59 Å². The van der Waals surface area contributed by atoms with Gasteiger partial charge in [-0.25, -0.2) is 0 Å². The Morgan fingerprint density at radius 2 is 1.80 bits per heavy atom. The lowest BCUT2D eigenvalue weighted by atomic mass is 9.81. The van der Waals surface area contributed by atoms with Gasteiger partial charge in [0.25, 0.3) is 0 Å². The number of carbonyl (C=O) groups excluding carboxylic acids is 1. The van der Waals surface area contributed by atoms with Crippen LogP contribution in [0.4, 0.5) is 5.69 Å². The molecule has 0 saturated heterocycles. The van der Waals surface area contributed by atoms with Gasteiger partial charge in [0.2, 0.25) is 5.91 Å². The molecule has 1 amide bonds. The third-order valence-electron chi connectivity index (χ3n) is 4.84. The van der Waals surface area contributed by atoms with Crippen LogP contribution < -0.4 is 10.1 Å². The quantitative estimate of drug-likeness (QED) is 0.877. The largest absolute Gasteiger partial charge is 0.497 e. The molecule has 1 aliphatic carbocycles. The van der Waals surface area contributed by atoms with E-state index in [0.717, 1.165) is 16.7 Å². The van der Waals surface area contributed by atoms with Crippen LogP contribution in [0.1, 0.15) is 23.1 Å². The molecule has 0 heterocycles. The fourth-order valence-corrected chi connectivity index (χ4v) is 3.45. The minimum atomic E-state index is -1.08. The molecule has 5 nitrogen and oxygen atoms in total. The minimum absolute atomic E-state index is 0.0531. The van der Waals surface area contributed by atoms with E-state index in [4.69, 9.17) is 4.74 Å². The zero-order valence-electron chi connectivity index (χ0n) is 14.3. The number of amides is 1. The molecule has 0 bridgehead atoms. The van der Waals surface area contributed by atoms with E-state index in [9.17, 15) is 14.7 Å². The number of carboxylic acids is 1. The van der Waals surface area contributed by atoms with E-state index in [1.807, 2.05) is 37.3 Å². The molecule has 0 aromatic heterocycles. The zero-order chi connectivity index (χ0) is 18.0. The fraction of sp³-hybridized carbons (Fsp3) is 0.300. The first-order valence-corrected chi connectivity index (χ1v) is 8.18. The molecular weight excluding hydrogens is 318 g/mol. The molecular formula is C20H21NO4. The van der Waals surface area contributed by atoms with Gasteiger partial charge in [-0.15, -0.1) is 0 Å². The lowest BCUT2D eigenvalue weighted by Crippen LogP contribution is -2.36. The van der Waals surface area contributed by atoms with Crippen LogP contribution >= 0.6 is 0 Å². The Bertz CT molecular complexity index is 803. The maximum Gasteiger partial charge on any atom is 0.310 e. The van der Waals surface area contributed by atoms with Gasteiger partial charge < -0.3 is 15.2 Å². The predicted octanol–water partition coefficient (Wildman–Crippen LogP) is 3.20. The number of rotatable bonds is 5. The van der Waals surface area contributed by atoms with Crippen LogP contribution in [0.3, 0.4) is 0 Å². The van der Waals surface area contributed by atoms with Crippen molar-refractivity contribution in [3.8, 4) is 5.75 Å². The van der Waals surface area contributed by atoms with Crippen LogP contribution in [-0.2, 0) is 22.4 Å². The van der Waals surface area contributed by atoms with Crippen molar-refractivity contribution in [2.45, 2.75) is 26.2 Å². The number of carbonyl (C=O) groups is 2. The summed E-state index contributed by atoms with van der Waals surface area (Å²) in [6.07, 6.45) is 0.712. The van der Waals surface area contributed by atoms with Crippen LogP contribution in [0.25, 0.3) is 0 Å². The highest BCUT2D eigenvalue weighted by Gasteiger charge is 2.45. The number of benzene rings is 2. The first kappa shape index (κ1) is 17.0. The molecule has 3 rings (SSSR count). The fourth-order valence-electron chi connectivity index (χ4n) is 3.45. The maximum atomic E-state index is 12.5. The Hall–Kier alpha value is -2.82. The van der Waals surface area contributed by atoms with Crippen molar-refractivity contribution in [2.75, 3.05) is 12.4 Å². The number of nitrogens with one attached hydrogen (secondary N) is 1. The molecule has 0 radical (unpaired) electrons. The molecule has 0 aliphatic heterocycles. The second-order valence-corrected chi connectivity index (χ2v) is 6.61. The van der Waals surface area contributed by atoms with Crippen molar-refractivity contribution < 1.29 is 19.4 Å². The summed E-state index contributed by atoms with van der Waals surface area (Å²) in [4.78, 5) is 24.5. The van der Waals surface area contributed by atoms with E-state index in [2.05, 4.69) is 5.32 Å². The minimum Gasteiger partial charge on any atom is -0.497 e. The summed E-state index contributed by atoms with van der Waals surface area (Å²) < 4.78 is 5.16. The predicted molar refractivity (Wildman–Crippen MR) is 94.9 cm³/mol. The van der Waals surface area contributed by atoms with Crippen LogP contribution in [0.2, 0.25) is 0 Å². The smallest absolute Gasteiger partial charge is 0.310 e. The summed E-state index contributed by atoms with van der Waals surface area (Å²) in [6.45, 7) is 1.87. The monoisotopic (exact) mass is 339 g/mol. The summed E-state index contributed by atoms with van der Waals surface area (Å²) in [5, 5.41) is 12.6. The number of ether oxygens (including phenoxy) is 1. The van der Waals surface area contributed by atoms with Crippen molar-refractivity contribution in [1.29, 1.82) is 0 Å². The number of anilines is 1. The topological polar surface area (TPSA) is 75.6 Å². The third kappa shape index (κ3) is 3.36. The van der Waals surface area contributed by atoms with Crippen LogP contribution in [0.15, 0.2) is 42.5 Å². The molecule has 5 heteroatoms. The van der Waals surface area contributed by atoms with E-state index >= 15 is 0 Å². The van der Waals surface area contributed by atoms with Crippen molar-refractivity contribution in [3.05, 3.63) is 59.2 Å². The number of hydrogen-bond acceptors (Lipinski definition) is 3. The molecule has 0 unspecified atom stereocenters. The molecule has 2 aromatic carbocycles. The molecule has 2 aromatic rings. The van der Waals surface area contributed by atoms with Gasteiger partial charge >= 0.3 is 5.97 Å². The van der Waals surface area contributed by atoms with Gasteiger partial charge in [0, 0.05) is 12.1 Å². The van der Waals surface area contributed by atoms with Gasteiger partial charge in [0.1, 0.15) is 5.75 Å². The lowest BCUT2D eigenvalue weighted by Gasteiger charge is -2.23. The highest BCUT2D eigenvalue weighted by molar-refractivity contribution is 5.95. The van der Waals surface area contributed by atoms with Crippen molar-refractivity contribution in [3.63, 3.8) is 0 Å². The summed E-state index contributed by atoms with van der Waals surface area (Å²) >= 11 is 0. The van der Waals surface area contributed by atoms with Crippen LogP contribution in [0, 0.1) is 12.3 Å². The van der Waals surface area contributed by atoms with Crippen LogP contribution in [0.5, 0.6) is 5.75 Å². The number of fused-ring (bicyclic) bond motifs is 1. The molecule has 0 spiro atoms. The van der Waals surface area contributed by atoms with E-state index in [1.54, 1.807) is 19.2 Å². The number of aryl methyl sites for hydroxylation is 1. The average molecular weight is 339 g/mol. The normalized spacial score (nSPS) is 14.6. The number of methoxy groups -OCH3 is 1. The van der Waals surface area contributed by atoms with E-state index < -0.39 is 11.4 Å². The Balaban J connectivity index is 1.76. The van der Waals surface area contributed by atoms with Crippen molar-refractivity contribution in [1.82, 2.24) is 0 Å². The van der Waals surface area contributed by atoms with E-state index in [0.29, 0.717) is 24.3 Å². The third-order valence-corrected chi connectivity index (χ3v) is 4.84. The Morgan fingerprint density at radius 1 is 1.16 bits per heavy atom. The van der Waals surface area contributed by atoms with Gasteiger partial charge in [-0.05, 0) is 54.7 Å². The maximum absolute atomic E-state index is 12.5. The summed E-state index contributed by atoms with van der Waals surface area (Å²) in [5.41, 5.74) is 2.49. The SMILES string of the molecule is COc1ccc(NC(=O)CC2(C(=O)O)Cc3ccccc3C2)c(C)c1. The van der Waals surface area contributed by atoms with Crippen LogP contribution in [-0.4, -0.2) is 24.1 Å². The second-order valence-electron chi connectivity index (χ2n) is 6.61. The first-order chi connectivity index (χ1) is 11.9. The summed E-state index contributed by atoms with van der Waals surface area (Å²) in [5.74, 6) is -0.502. The summed E-state index contributed by atoms with van der Waals surface area (Å²) in [7, 11) is 1.58. The molecule has 0 fully saturated rings. The second kappa shape index (κ2) is 6.59. The van der Waals surface area contributed by atoms with Crippen molar-refractivity contribution in [2.24, 2.45) is 5.41 Å². The first-order valence-electron chi connectivity index (χ1n) is 8.18. The van der Waals surface area contributed by atoms with Crippen molar-refractivity contribution >= 4 is 17.6 Å².